The van der Waals surface area contributed by atoms with Gasteiger partial charge in [0, 0.05) is 11.6 Å². The van der Waals surface area contributed by atoms with Crippen molar-refractivity contribution in [2.75, 3.05) is 20.3 Å². The van der Waals surface area contributed by atoms with Gasteiger partial charge in [-0.15, -0.1) is 0 Å². The fourth-order valence-electron chi connectivity index (χ4n) is 2.23. The van der Waals surface area contributed by atoms with Crippen LogP contribution in [0, 0.1) is 0 Å². The Morgan fingerprint density at radius 2 is 1.75 bits per heavy atom. The molecule has 5 nitrogen and oxygen atoms in total. The Balaban J connectivity index is 1.83. The van der Waals surface area contributed by atoms with E-state index >= 15 is 0 Å². The molecule has 0 fully saturated rings. The molecule has 0 spiro atoms. The second-order valence-corrected chi connectivity index (χ2v) is 5.55. The second kappa shape index (κ2) is 9.27. The zero-order valence-electron chi connectivity index (χ0n) is 14.0. The van der Waals surface area contributed by atoms with Crippen LogP contribution in [0.1, 0.15) is 24.2 Å². The summed E-state index contributed by atoms with van der Waals surface area (Å²) in [5, 5.41) is 19.8. The van der Waals surface area contributed by atoms with E-state index in [9.17, 15) is 10.2 Å². The molecule has 0 bridgehead atoms. The fourth-order valence-corrected chi connectivity index (χ4v) is 2.23. The van der Waals surface area contributed by atoms with Crippen molar-refractivity contribution in [2.45, 2.75) is 25.7 Å². The number of rotatable bonds is 9. The van der Waals surface area contributed by atoms with E-state index in [4.69, 9.17) is 14.2 Å². The highest BCUT2D eigenvalue weighted by molar-refractivity contribution is 5.41. The molecule has 0 radical (unpaired) electrons. The molecule has 0 aliphatic heterocycles. The number of aliphatic hydroxyl groups is 2. The molecule has 0 amide bonds. The molecule has 5 heteroatoms. The first kappa shape index (κ1) is 18.3. The standard InChI is InChI=1S/C19H24O5/c1-14(20)18-9-8-17(22-2)10-19(18)24-13-16(21)12-23-11-15-6-4-3-5-7-15/h3-10,14,16,20-21H,11-13H2,1-2H3. The number of benzene rings is 2. The van der Waals surface area contributed by atoms with Crippen LogP contribution in [-0.4, -0.2) is 36.6 Å². The van der Waals surface area contributed by atoms with Gasteiger partial charge in [0.1, 0.15) is 24.2 Å². The van der Waals surface area contributed by atoms with Gasteiger partial charge in [0.25, 0.3) is 0 Å². The molecule has 0 aliphatic rings. The van der Waals surface area contributed by atoms with Crippen molar-refractivity contribution in [3.05, 3.63) is 59.7 Å². The molecular weight excluding hydrogens is 308 g/mol. The molecule has 2 rings (SSSR count). The van der Waals surface area contributed by atoms with Crippen molar-refractivity contribution in [1.29, 1.82) is 0 Å². The number of hydrogen-bond donors (Lipinski definition) is 2. The SMILES string of the molecule is COc1ccc(C(C)O)c(OCC(O)COCc2ccccc2)c1. The van der Waals surface area contributed by atoms with E-state index in [1.807, 2.05) is 30.3 Å². The van der Waals surface area contributed by atoms with Gasteiger partial charge >= 0.3 is 0 Å². The summed E-state index contributed by atoms with van der Waals surface area (Å²) in [5.74, 6) is 1.12. The predicted octanol–water partition coefficient (Wildman–Crippen LogP) is 2.71. The maximum absolute atomic E-state index is 10.0. The first-order valence-electron chi connectivity index (χ1n) is 7.88. The lowest BCUT2D eigenvalue weighted by atomic mass is 10.1. The van der Waals surface area contributed by atoms with E-state index in [0.29, 0.717) is 23.7 Å². The summed E-state index contributed by atoms with van der Waals surface area (Å²) in [7, 11) is 1.56. The van der Waals surface area contributed by atoms with Crippen molar-refractivity contribution in [2.24, 2.45) is 0 Å². The Bertz CT molecular complexity index is 612. The zero-order chi connectivity index (χ0) is 17.4. The van der Waals surface area contributed by atoms with Gasteiger partial charge in [-0.25, -0.2) is 0 Å². The maximum atomic E-state index is 10.0. The van der Waals surface area contributed by atoms with Crippen molar-refractivity contribution in [3.8, 4) is 11.5 Å². The summed E-state index contributed by atoms with van der Waals surface area (Å²) in [6.45, 7) is 2.34. The third-order valence-corrected chi connectivity index (χ3v) is 3.52. The normalized spacial score (nSPS) is 13.3. The lowest BCUT2D eigenvalue weighted by Gasteiger charge is -2.17. The Morgan fingerprint density at radius 1 is 1.00 bits per heavy atom. The average molecular weight is 332 g/mol. The van der Waals surface area contributed by atoms with Crippen LogP contribution in [0.2, 0.25) is 0 Å². The lowest BCUT2D eigenvalue weighted by molar-refractivity contribution is 0.00491. The van der Waals surface area contributed by atoms with Gasteiger partial charge in [0.05, 0.1) is 26.4 Å². The smallest absolute Gasteiger partial charge is 0.128 e. The van der Waals surface area contributed by atoms with Crippen molar-refractivity contribution in [3.63, 3.8) is 0 Å². The van der Waals surface area contributed by atoms with Crippen LogP contribution in [0.4, 0.5) is 0 Å². The molecule has 24 heavy (non-hydrogen) atoms. The van der Waals surface area contributed by atoms with Crippen molar-refractivity contribution in [1.82, 2.24) is 0 Å². The minimum absolute atomic E-state index is 0.0711. The highest BCUT2D eigenvalue weighted by Gasteiger charge is 2.13. The monoisotopic (exact) mass is 332 g/mol. The van der Waals surface area contributed by atoms with Gasteiger partial charge in [-0.3, -0.25) is 0 Å². The minimum Gasteiger partial charge on any atom is -0.497 e. The predicted molar refractivity (Wildman–Crippen MR) is 91.2 cm³/mol. The molecular formula is C19H24O5. The van der Waals surface area contributed by atoms with Crippen molar-refractivity contribution < 1.29 is 24.4 Å². The average Bonchev–Trinajstić information content (AvgIpc) is 2.60. The zero-order valence-corrected chi connectivity index (χ0v) is 14.0. The Labute approximate surface area is 142 Å². The molecule has 0 saturated carbocycles. The summed E-state index contributed by atoms with van der Waals surface area (Å²) in [6, 6.07) is 15.0. The summed E-state index contributed by atoms with van der Waals surface area (Å²) >= 11 is 0. The van der Waals surface area contributed by atoms with Gasteiger partial charge in [0.2, 0.25) is 0 Å². The molecule has 0 heterocycles. The van der Waals surface area contributed by atoms with Crippen LogP contribution < -0.4 is 9.47 Å². The Morgan fingerprint density at radius 3 is 2.42 bits per heavy atom. The van der Waals surface area contributed by atoms with E-state index in [1.54, 1.807) is 32.2 Å². The lowest BCUT2D eigenvalue weighted by Crippen LogP contribution is -2.23. The third kappa shape index (κ3) is 5.53. The van der Waals surface area contributed by atoms with E-state index in [1.165, 1.54) is 0 Å². The number of aliphatic hydroxyl groups excluding tert-OH is 2. The van der Waals surface area contributed by atoms with Crippen LogP contribution in [0.15, 0.2) is 48.5 Å². The van der Waals surface area contributed by atoms with Crippen LogP contribution in [0.25, 0.3) is 0 Å². The van der Waals surface area contributed by atoms with Gasteiger partial charge in [-0.1, -0.05) is 30.3 Å². The Kier molecular flexibility index (Phi) is 7.06. The van der Waals surface area contributed by atoms with Crippen LogP contribution in [0.5, 0.6) is 11.5 Å². The largest absolute Gasteiger partial charge is 0.497 e. The second-order valence-electron chi connectivity index (χ2n) is 5.55. The summed E-state index contributed by atoms with van der Waals surface area (Å²) in [6.07, 6.45) is -1.43. The van der Waals surface area contributed by atoms with E-state index in [-0.39, 0.29) is 13.2 Å². The third-order valence-electron chi connectivity index (χ3n) is 3.52. The topological polar surface area (TPSA) is 68.2 Å². The van der Waals surface area contributed by atoms with E-state index in [2.05, 4.69) is 0 Å². The fraction of sp³-hybridized carbons (Fsp3) is 0.368. The maximum Gasteiger partial charge on any atom is 0.128 e. The molecule has 2 atom stereocenters. The molecule has 2 unspecified atom stereocenters. The van der Waals surface area contributed by atoms with Gasteiger partial charge < -0.3 is 24.4 Å². The molecule has 2 aromatic rings. The molecule has 130 valence electrons. The highest BCUT2D eigenvalue weighted by Crippen LogP contribution is 2.29. The molecule has 0 aliphatic carbocycles. The van der Waals surface area contributed by atoms with Gasteiger partial charge in [-0.05, 0) is 24.6 Å². The first-order valence-corrected chi connectivity index (χ1v) is 7.88. The Hall–Kier alpha value is -2.08. The highest BCUT2D eigenvalue weighted by atomic mass is 16.5. The molecule has 2 aromatic carbocycles. The van der Waals surface area contributed by atoms with Gasteiger partial charge in [0.15, 0.2) is 0 Å². The van der Waals surface area contributed by atoms with Crippen LogP contribution in [-0.2, 0) is 11.3 Å². The first-order chi connectivity index (χ1) is 11.6. The van der Waals surface area contributed by atoms with E-state index in [0.717, 1.165) is 5.56 Å². The van der Waals surface area contributed by atoms with E-state index < -0.39 is 12.2 Å². The quantitative estimate of drug-likeness (QED) is 0.739. The molecule has 0 aromatic heterocycles. The summed E-state index contributed by atoms with van der Waals surface area (Å²) in [4.78, 5) is 0. The summed E-state index contributed by atoms with van der Waals surface area (Å²) in [5.41, 5.74) is 1.70. The summed E-state index contributed by atoms with van der Waals surface area (Å²) < 4.78 is 16.3. The van der Waals surface area contributed by atoms with Crippen molar-refractivity contribution >= 4 is 0 Å². The van der Waals surface area contributed by atoms with Crippen LogP contribution in [0.3, 0.4) is 0 Å². The van der Waals surface area contributed by atoms with Crippen LogP contribution >= 0.6 is 0 Å². The molecule has 0 saturated heterocycles. The number of hydrogen-bond acceptors (Lipinski definition) is 5. The van der Waals surface area contributed by atoms with Gasteiger partial charge in [-0.2, -0.15) is 0 Å². The minimum atomic E-state index is -0.762. The number of methoxy groups -OCH3 is 1. The molecule has 2 N–H and O–H groups in total. The number of ether oxygens (including phenoxy) is 3.